The van der Waals surface area contributed by atoms with Crippen molar-refractivity contribution in [2.75, 3.05) is 25.6 Å². The van der Waals surface area contributed by atoms with Crippen LogP contribution in [0.1, 0.15) is 12.8 Å². The van der Waals surface area contributed by atoms with Gasteiger partial charge in [0.05, 0.1) is 6.61 Å². The Kier molecular flexibility index (Phi) is 6.25. The summed E-state index contributed by atoms with van der Waals surface area (Å²) in [7, 11) is 0. The molecule has 0 bridgehead atoms. The topological polar surface area (TPSA) is 122 Å². The fraction of sp³-hybridized carbons (Fsp3) is 0.923. The van der Waals surface area contributed by atoms with E-state index in [1.54, 1.807) is 0 Å². The maximum Gasteiger partial charge on any atom is 0.319 e. The first-order valence-corrected chi connectivity index (χ1v) is 7.94. The van der Waals surface area contributed by atoms with E-state index in [1.807, 2.05) is 0 Å². The number of amides is 2. The molecule has 0 aromatic carbocycles. The van der Waals surface area contributed by atoms with Crippen LogP contribution in [-0.2, 0) is 4.74 Å². The van der Waals surface area contributed by atoms with E-state index in [0.717, 1.165) is 12.8 Å². The van der Waals surface area contributed by atoms with Crippen molar-refractivity contribution < 1.29 is 30.0 Å². The quantitative estimate of drug-likeness (QED) is 0.374. The molecule has 2 rings (SSSR count). The lowest BCUT2D eigenvalue weighted by atomic mass is 9.97. The van der Waals surface area contributed by atoms with Crippen molar-refractivity contribution >= 4 is 17.6 Å². The third-order valence-corrected chi connectivity index (χ3v) is 4.15. The highest BCUT2D eigenvalue weighted by Gasteiger charge is 2.47. The first-order chi connectivity index (χ1) is 10.5. The van der Waals surface area contributed by atoms with Gasteiger partial charge in [-0.05, 0) is 18.8 Å². The van der Waals surface area contributed by atoms with Gasteiger partial charge in [-0.15, -0.1) is 11.6 Å². The molecule has 128 valence electrons. The second-order valence-corrected chi connectivity index (χ2v) is 6.11. The first kappa shape index (κ1) is 17.7. The summed E-state index contributed by atoms with van der Waals surface area (Å²) in [4.78, 5) is 13.6. The minimum atomic E-state index is -1.50. The fourth-order valence-corrected chi connectivity index (χ4v) is 2.57. The Bertz CT molecular complexity index is 382. The first-order valence-electron chi connectivity index (χ1n) is 7.40. The molecule has 8 nitrogen and oxygen atoms in total. The van der Waals surface area contributed by atoms with Crippen LogP contribution in [0.2, 0.25) is 0 Å². The van der Waals surface area contributed by atoms with Gasteiger partial charge in [0, 0.05) is 19.0 Å². The van der Waals surface area contributed by atoms with Gasteiger partial charge in [0.2, 0.25) is 0 Å². The zero-order chi connectivity index (χ0) is 16.3. The molecule has 0 aromatic heterocycles. The molecule has 1 saturated carbocycles. The number of aliphatic hydroxyl groups excluding tert-OH is 4. The number of carbonyl (C=O) groups excluding carboxylic acids is 1. The third-order valence-electron chi connectivity index (χ3n) is 3.96. The van der Waals surface area contributed by atoms with Crippen molar-refractivity contribution in [3.63, 3.8) is 0 Å². The van der Waals surface area contributed by atoms with E-state index >= 15 is 0 Å². The second-order valence-electron chi connectivity index (χ2n) is 5.74. The van der Waals surface area contributed by atoms with Crippen LogP contribution in [0, 0.1) is 5.92 Å². The molecule has 5 N–H and O–H groups in total. The van der Waals surface area contributed by atoms with Gasteiger partial charge < -0.3 is 30.5 Å². The van der Waals surface area contributed by atoms with E-state index in [-0.39, 0.29) is 12.4 Å². The number of nitrogens with zero attached hydrogens (tertiary/aromatic N) is 1. The summed E-state index contributed by atoms with van der Waals surface area (Å²) in [6.07, 6.45) is -4.60. The van der Waals surface area contributed by atoms with Crippen molar-refractivity contribution in [1.82, 2.24) is 10.2 Å². The summed E-state index contributed by atoms with van der Waals surface area (Å²) in [5.74, 6) is 0.576. The molecule has 1 saturated heterocycles. The van der Waals surface area contributed by atoms with Crippen LogP contribution in [0.25, 0.3) is 0 Å². The number of nitrogens with one attached hydrogen (secondary N) is 1. The monoisotopic (exact) mass is 338 g/mol. The number of urea groups is 1. The molecular formula is C13H23ClN2O6. The lowest BCUT2D eigenvalue weighted by molar-refractivity contribution is -0.257. The Morgan fingerprint density at radius 1 is 1.23 bits per heavy atom. The Labute approximate surface area is 133 Å². The average Bonchev–Trinajstić information content (AvgIpc) is 3.33. The Morgan fingerprint density at radius 2 is 1.91 bits per heavy atom. The summed E-state index contributed by atoms with van der Waals surface area (Å²) in [5, 5.41) is 41.6. The van der Waals surface area contributed by atoms with Gasteiger partial charge in [-0.3, -0.25) is 4.90 Å². The van der Waals surface area contributed by atoms with E-state index in [2.05, 4.69) is 5.32 Å². The summed E-state index contributed by atoms with van der Waals surface area (Å²) < 4.78 is 5.44. The van der Waals surface area contributed by atoms with Gasteiger partial charge in [-0.1, -0.05) is 0 Å². The zero-order valence-electron chi connectivity index (χ0n) is 12.1. The number of hydrogen-bond donors (Lipinski definition) is 5. The number of alkyl halides is 1. The van der Waals surface area contributed by atoms with Crippen molar-refractivity contribution in [2.24, 2.45) is 5.92 Å². The van der Waals surface area contributed by atoms with Crippen LogP contribution < -0.4 is 5.32 Å². The average molecular weight is 339 g/mol. The number of rotatable bonds is 6. The maximum absolute atomic E-state index is 12.3. The standard InChI is InChI=1S/C13H23ClN2O6/c14-3-4-15-13(21)16(5-7-1-2-7)12-11(20)10(19)9(18)8(6-17)22-12/h7-12,17-20H,1-6H2,(H,15,21)/t8-,9-,10+,11+,12?/m1/s1. The molecule has 2 aliphatic rings. The lowest BCUT2D eigenvalue weighted by Gasteiger charge is -2.44. The van der Waals surface area contributed by atoms with Crippen molar-refractivity contribution in [2.45, 2.75) is 43.5 Å². The van der Waals surface area contributed by atoms with Crippen LogP contribution in [0.5, 0.6) is 0 Å². The highest BCUT2D eigenvalue weighted by Crippen LogP contribution is 2.32. The molecule has 1 aliphatic heterocycles. The summed E-state index contributed by atoms with van der Waals surface area (Å²) in [6.45, 7) is 0.109. The number of halogens is 1. The molecule has 5 atom stereocenters. The summed E-state index contributed by atoms with van der Waals surface area (Å²) in [5.41, 5.74) is 0. The molecule has 1 aliphatic carbocycles. The van der Waals surface area contributed by atoms with E-state index in [1.165, 1.54) is 4.90 Å². The highest BCUT2D eigenvalue weighted by atomic mass is 35.5. The highest BCUT2D eigenvalue weighted by molar-refractivity contribution is 6.18. The fourth-order valence-electron chi connectivity index (χ4n) is 2.48. The molecule has 0 aromatic rings. The van der Waals surface area contributed by atoms with Gasteiger partial charge in [0.1, 0.15) is 24.4 Å². The number of carbonyl (C=O) groups is 1. The van der Waals surface area contributed by atoms with Crippen LogP contribution in [0.3, 0.4) is 0 Å². The van der Waals surface area contributed by atoms with Crippen LogP contribution in [-0.4, -0.2) is 87.6 Å². The Morgan fingerprint density at radius 3 is 2.45 bits per heavy atom. The Hall–Kier alpha value is -0.640. The largest absolute Gasteiger partial charge is 0.394 e. The third kappa shape index (κ3) is 4.01. The molecule has 22 heavy (non-hydrogen) atoms. The Balaban J connectivity index is 2.11. The number of hydrogen-bond acceptors (Lipinski definition) is 6. The van der Waals surface area contributed by atoms with E-state index < -0.39 is 43.3 Å². The zero-order valence-corrected chi connectivity index (χ0v) is 12.9. The van der Waals surface area contributed by atoms with Crippen molar-refractivity contribution in [3.8, 4) is 0 Å². The molecule has 0 radical (unpaired) electrons. The predicted molar refractivity (Wildman–Crippen MR) is 77.3 cm³/mol. The second kappa shape index (κ2) is 7.76. The molecule has 2 fully saturated rings. The molecule has 2 amide bonds. The number of aliphatic hydroxyl groups is 4. The lowest BCUT2D eigenvalue weighted by Crippen LogP contribution is -2.65. The summed E-state index contributed by atoms with van der Waals surface area (Å²) in [6, 6.07) is -0.461. The molecule has 9 heteroatoms. The molecular weight excluding hydrogens is 316 g/mol. The SMILES string of the molecule is O=C(NCCCl)N(CC1CC1)C1O[C@H](CO)[C@@H](O)[C@H](O)[C@@H]1O. The van der Waals surface area contributed by atoms with E-state index in [4.69, 9.17) is 16.3 Å². The minimum absolute atomic E-state index is 0.248. The predicted octanol–water partition coefficient (Wildman–Crippen LogP) is -1.55. The van der Waals surface area contributed by atoms with Crippen LogP contribution in [0.4, 0.5) is 4.79 Å². The molecule has 1 unspecified atom stereocenters. The van der Waals surface area contributed by atoms with Crippen molar-refractivity contribution in [1.29, 1.82) is 0 Å². The van der Waals surface area contributed by atoms with Gasteiger partial charge >= 0.3 is 6.03 Å². The van der Waals surface area contributed by atoms with Gasteiger partial charge in [-0.25, -0.2) is 4.79 Å². The minimum Gasteiger partial charge on any atom is -0.394 e. The molecule has 0 spiro atoms. The van der Waals surface area contributed by atoms with Crippen LogP contribution >= 0.6 is 11.6 Å². The number of ether oxygens (including phenoxy) is 1. The van der Waals surface area contributed by atoms with E-state index in [9.17, 15) is 25.2 Å². The van der Waals surface area contributed by atoms with Crippen molar-refractivity contribution in [3.05, 3.63) is 0 Å². The normalized spacial score (nSPS) is 35.2. The van der Waals surface area contributed by atoms with Gasteiger partial charge in [0.25, 0.3) is 0 Å². The van der Waals surface area contributed by atoms with Gasteiger partial charge in [0.15, 0.2) is 6.23 Å². The van der Waals surface area contributed by atoms with Gasteiger partial charge in [-0.2, -0.15) is 0 Å². The molecule has 1 heterocycles. The van der Waals surface area contributed by atoms with E-state index in [0.29, 0.717) is 12.5 Å². The summed E-state index contributed by atoms with van der Waals surface area (Å²) >= 11 is 5.55. The maximum atomic E-state index is 12.3. The smallest absolute Gasteiger partial charge is 0.319 e. The van der Waals surface area contributed by atoms with Crippen LogP contribution in [0.15, 0.2) is 0 Å².